The number of alkyl halides is 1. The molecule has 1 heterocycles. The average molecular weight is 314 g/mol. The second-order valence-electron chi connectivity index (χ2n) is 4.67. The fourth-order valence-electron chi connectivity index (χ4n) is 1.82. The zero-order valence-electron chi connectivity index (χ0n) is 10.00. The molecule has 0 spiro atoms. The molecule has 17 heavy (non-hydrogen) atoms. The maximum atomic E-state index is 12.0. The van der Waals surface area contributed by atoms with Gasteiger partial charge in [0.1, 0.15) is 0 Å². The lowest BCUT2D eigenvalue weighted by Gasteiger charge is -2.28. The lowest BCUT2D eigenvalue weighted by molar-refractivity contribution is -0.123. The summed E-state index contributed by atoms with van der Waals surface area (Å²) in [6.45, 7) is 3.73. The molecular weight excluding hydrogens is 298 g/mol. The third-order valence-electron chi connectivity index (χ3n) is 2.80. The molecule has 1 atom stereocenters. The molecule has 1 amide bonds. The predicted molar refractivity (Wildman–Crippen MR) is 75.7 cm³/mol. The van der Waals surface area contributed by atoms with Gasteiger partial charge in [-0.3, -0.25) is 4.79 Å². The minimum absolute atomic E-state index is 0.0456. The van der Waals surface area contributed by atoms with Gasteiger partial charge >= 0.3 is 0 Å². The van der Waals surface area contributed by atoms with Crippen LogP contribution in [0.15, 0.2) is 29.2 Å². The van der Waals surface area contributed by atoms with Crippen molar-refractivity contribution in [1.29, 1.82) is 0 Å². The molecule has 1 aromatic carbocycles. The maximum absolute atomic E-state index is 12.0. The first-order valence-electron chi connectivity index (χ1n) is 5.70. The molecule has 1 aliphatic heterocycles. The van der Waals surface area contributed by atoms with E-state index in [1.54, 1.807) is 0 Å². The zero-order valence-corrected chi connectivity index (χ0v) is 12.4. The van der Waals surface area contributed by atoms with Gasteiger partial charge in [0, 0.05) is 10.6 Å². The van der Waals surface area contributed by atoms with Crippen molar-refractivity contribution in [3.63, 3.8) is 0 Å². The van der Waals surface area contributed by atoms with Gasteiger partial charge < -0.3 is 5.32 Å². The summed E-state index contributed by atoms with van der Waals surface area (Å²) in [5, 5.41) is 3.12. The summed E-state index contributed by atoms with van der Waals surface area (Å²) in [5.41, 5.74) is 1.24. The molecule has 0 fully saturated rings. The van der Waals surface area contributed by atoms with Gasteiger partial charge in [0.15, 0.2) is 0 Å². The molecule has 1 aliphatic rings. The summed E-state index contributed by atoms with van der Waals surface area (Å²) in [5.74, 6) is 1.11. The normalized spacial score (nSPS) is 19.6. The molecule has 92 valence electrons. The molecule has 4 heteroatoms. The van der Waals surface area contributed by atoms with Crippen LogP contribution < -0.4 is 5.32 Å². The van der Waals surface area contributed by atoms with Gasteiger partial charge in [-0.1, -0.05) is 34.1 Å². The summed E-state index contributed by atoms with van der Waals surface area (Å²) in [6, 6.07) is 8.45. The van der Waals surface area contributed by atoms with Crippen LogP contribution in [0, 0.1) is 0 Å². The molecular formula is C13H16BrNOS. The number of carbonyl (C=O) groups is 1. The molecule has 1 unspecified atom stereocenters. The standard InChI is InChI=1S/C13H16BrNOS/c1-13(2,14)12(16)15-10-7-8-17-11-6-4-3-5-9(10)11/h3-6,10H,7-8H2,1-2H3,(H,15,16). The Balaban J connectivity index is 2.17. The predicted octanol–water partition coefficient (Wildman–Crippen LogP) is 3.51. The topological polar surface area (TPSA) is 29.1 Å². The van der Waals surface area contributed by atoms with Gasteiger partial charge in [0.25, 0.3) is 0 Å². The zero-order chi connectivity index (χ0) is 12.5. The van der Waals surface area contributed by atoms with Crippen molar-refractivity contribution in [2.75, 3.05) is 5.75 Å². The number of fused-ring (bicyclic) bond motifs is 1. The van der Waals surface area contributed by atoms with Crippen LogP contribution in [0.1, 0.15) is 31.9 Å². The van der Waals surface area contributed by atoms with E-state index in [2.05, 4.69) is 33.4 Å². The Morgan fingerprint density at radius 3 is 2.88 bits per heavy atom. The van der Waals surface area contributed by atoms with Crippen LogP contribution in [0.3, 0.4) is 0 Å². The molecule has 0 aromatic heterocycles. The molecule has 0 saturated heterocycles. The van der Waals surface area contributed by atoms with Crippen LogP contribution in [-0.4, -0.2) is 16.0 Å². The highest BCUT2D eigenvalue weighted by Crippen LogP contribution is 2.36. The highest BCUT2D eigenvalue weighted by Gasteiger charge is 2.28. The van der Waals surface area contributed by atoms with E-state index in [0.717, 1.165) is 12.2 Å². The molecule has 0 aliphatic carbocycles. The van der Waals surface area contributed by atoms with Gasteiger partial charge in [-0.25, -0.2) is 0 Å². The third kappa shape index (κ3) is 3.05. The van der Waals surface area contributed by atoms with E-state index in [-0.39, 0.29) is 11.9 Å². The first-order chi connectivity index (χ1) is 7.98. The second-order valence-corrected chi connectivity index (χ2v) is 7.79. The summed E-state index contributed by atoms with van der Waals surface area (Å²) in [4.78, 5) is 13.3. The van der Waals surface area contributed by atoms with Crippen LogP contribution >= 0.6 is 27.7 Å². The Kier molecular flexibility index (Phi) is 3.83. The maximum Gasteiger partial charge on any atom is 0.236 e. The third-order valence-corrected chi connectivity index (χ3v) is 4.29. The number of rotatable bonds is 2. The first kappa shape index (κ1) is 13.0. The van der Waals surface area contributed by atoms with Gasteiger partial charge in [-0.05, 0) is 31.9 Å². The van der Waals surface area contributed by atoms with Gasteiger partial charge in [-0.2, -0.15) is 0 Å². The number of thioether (sulfide) groups is 1. The number of carbonyl (C=O) groups excluding carboxylic acids is 1. The summed E-state index contributed by atoms with van der Waals surface area (Å²) in [6.07, 6.45) is 0.997. The van der Waals surface area contributed by atoms with Crippen LogP contribution in [0.2, 0.25) is 0 Å². The molecule has 0 bridgehead atoms. The fourth-order valence-corrected chi connectivity index (χ4v) is 3.06. The van der Waals surface area contributed by atoms with Crippen molar-refractivity contribution in [1.82, 2.24) is 5.32 Å². The molecule has 2 rings (SSSR count). The summed E-state index contributed by atoms with van der Waals surface area (Å²) >= 11 is 5.26. The lowest BCUT2D eigenvalue weighted by Crippen LogP contribution is -2.40. The van der Waals surface area contributed by atoms with E-state index in [0.29, 0.717) is 0 Å². The van der Waals surface area contributed by atoms with E-state index in [1.807, 2.05) is 37.7 Å². The highest BCUT2D eigenvalue weighted by atomic mass is 79.9. The average Bonchev–Trinajstić information content (AvgIpc) is 2.28. The lowest BCUT2D eigenvalue weighted by atomic mass is 10.0. The number of halogens is 1. The number of amides is 1. The molecule has 2 nitrogen and oxygen atoms in total. The summed E-state index contributed by atoms with van der Waals surface area (Å²) in [7, 11) is 0. The SMILES string of the molecule is CC(C)(Br)C(=O)NC1CCSc2ccccc21. The molecule has 1 aromatic rings. The van der Waals surface area contributed by atoms with E-state index >= 15 is 0 Å². The van der Waals surface area contributed by atoms with Crippen molar-refractivity contribution >= 4 is 33.6 Å². The monoisotopic (exact) mass is 313 g/mol. The number of benzene rings is 1. The minimum atomic E-state index is -0.507. The highest BCUT2D eigenvalue weighted by molar-refractivity contribution is 9.10. The van der Waals surface area contributed by atoms with Crippen molar-refractivity contribution in [3.8, 4) is 0 Å². The van der Waals surface area contributed by atoms with E-state index in [1.165, 1.54) is 10.5 Å². The van der Waals surface area contributed by atoms with Crippen molar-refractivity contribution in [2.45, 2.75) is 35.5 Å². The molecule has 0 saturated carbocycles. The van der Waals surface area contributed by atoms with Gasteiger partial charge in [0.05, 0.1) is 10.4 Å². The Bertz CT molecular complexity index is 428. The van der Waals surface area contributed by atoms with Crippen LogP contribution in [-0.2, 0) is 4.79 Å². The van der Waals surface area contributed by atoms with E-state index in [9.17, 15) is 4.79 Å². The van der Waals surface area contributed by atoms with Gasteiger partial charge in [0.2, 0.25) is 5.91 Å². The Morgan fingerprint density at radius 2 is 2.18 bits per heavy atom. The van der Waals surface area contributed by atoms with Crippen LogP contribution in [0.4, 0.5) is 0 Å². The minimum Gasteiger partial charge on any atom is -0.348 e. The Morgan fingerprint density at radius 1 is 1.47 bits per heavy atom. The number of nitrogens with one attached hydrogen (secondary N) is 1. The smallest absolute Gasteiger partial charge is 0.236 e. The molecule has 1 N–H and O–H groups in total. The van der Waals surface area contributed by atoms with Crippen LogP contribution in [0.25, 0.3) is 0 Å². The quantitative estimate of drug-likeness (QED) is 0.846. The number of hydrogen-bond donors (Lipinski definition) is 1. The van der Waals surface area contributed by atoms with Crippen LogP contribution in [0.5, 0.6) is 0 Å². The van der Waals surface area contributed by atoms with Gasteiger partial charge in [-0.15, -0.1) is 11.8 Å². The number of hydrogen-bond acceptors (Lipinski definition) is 2. The Labute approximate surface area is 115 Å². The first-order valence-corrected chi connectivity index (χ1v) is 7.48. The van der Waals surface area contributed by atoms with E-state index < -0.39 is 4.32 Å². The Hall–Kier alpha value is -0.480. The summed E-state index contributed by atoms with van der Waals surface area (Å²) < 4.78 is -0.507. The van der Waals surface area contributed by atoms with Crippen molar-refractivity contribution in [3.05, 3.63) is 29.8 Å². The van der Waals surface area contributed by atoms with E-state index in [4.69, 9.17) is 0 Å². The molecule has 0 radical (unpaired) electrons. The van der Waals surface area contributed by atoms with Crippen molar-refractivity contribution < 1.29 is 4.79 Å². The second kappa shape index (κ2) is 5.02. The fraction of sp³-hybridized carbons (Fsp3) is 0.462. The largest absolute Gasteiger partial charge is 0.348 e. The van der Waals surface area contributed by atoms with Crippen molar-refractivity contribution in [2.24, 2.45) is 0 Å².